The largest absolute Gasteiger partial charge is 0.352 e. The van der Waals surface area contributed by atoms with Crippen LogP contribution in [-0.4, -0.2) is 46.2 Å². The minimum Gasteiger partial charge on any atom is -0.352 e. The third-order valence-corrected chi connectivity index (χ3v) is 4.76. The first kappa shape index (κ1) is 16.5. The zero-order valence-electron chi connectivity index (χ0n) is 14.5. The average Bonchev–Trinajstić information content (AvgIpc) is 3.18. The number of hydrogen-bond donors (Lipinski definition) is 2. The Morgan fingerprint density at radius 2 is 2.04 bits per heavy atom. The second-order valence-corrected chi connectivity index (χ2v) is 6.16. The Labute approximate surface area is 143 Å². The van der Waals surface area contributed by atoms with Gasteiger partial charge in [-0.2, -0.15) is 5.10 Å². The molecule has 3 rings (SSSR count). The molecule has 1 aromatic heterocycles. The lowest BCUT2D eigenvalue weighted by Crippen LogP contribution is -2.45. The smallest absolute Gasteiger partial charge is 0.193 e. The quantitative estimate of drug-likeness (QED) is 0.668. The number of likely N-dealkylation sites (tertiary alicyclic amines) is 1. The Kier molecular flexibility index (Phi) is 5.46. The Balaban J connectivity index is 1.56. The summed E-state index contributed by atoms with van der Waals surface area (Å²) >= 11 is 0. The molecule has 1 aliphatic rings. The predicted molar refractivity (Wildman–Crippen MR) is 95.9 cm³/mol. The van der Waals surface area contributed by atoms with Crippen molar-refractivity contribution in [3.63, 3.8) is 0 Å². The summed E-state index contributed by atoms with van der Waals surface area (Å²) in [4.78, 5) is 11.1. The molecule has 0 unspecified atom stereocenters. The molecular formula is C18H26N6. The van der Waals surface area contributed by atoms with Gasteiger partial charge < -0.3 is 10.2 Å². The zero-order chi connectivity index (χ0) is 16.8. The number of benzene rings is 1. The van der Waals surface area contributed by atoms with Crippen LogP contribution in [0, 0.1) is 0 Å². The van der Waals surface area contributed by atoms with E-state index >= 15 is 0 Å². The summed E-state index contributed by atoms with van der Waals surface area (Å²) in [5.74, 6) is 2.47. The van der Waals surface area contributed by atoms with Gasteiger partial charge in [0, 0.05) is 32.6 Å². The number of aliphatic imine (C=N–C) groups is 1. The van der Waals surface area contributed by atoms with Crippen LogP contribution in [0.25, 0.3) is 0 Å². The van der Waals surface area contributed by atoms with Crippen molar-refractivity contribution in [2.45, 2.75) is 38.6 Å². The van der Waals surface area contributed by atoms with Gasteiger partial charge in [-0.25, -0.2) is 4.98 Å². The third kappa shape index (κ3) is 3.75. The molecule has 0 saturated carbocycles. The Hall–Kier alpha value is -2.37. The van der Waals surface area contributed by atoms with Gasteiger partial charge in [0.25, 0.3) is 0 Å². The molecule has 1 aromatic carbocycles. The maximum atomic E-state index is 4.47. The Bertz CT molecular complexity index is 656. The topological polar surface area (TPSA) is 69.2 Å². The Morgan fingerprint density at radius 3 is 2.67 bits per heavy atom. The van der Waals surface area contributed by atoms with E-state index in [1.807, 2.05) is 7.05 Å². The second-order valence-electron chi connectivity index (χ2n) is 6.16. The fraction of sp³-hybridized carbons (Fsp3) is 0.500. The summed E-state index contributed by atoms with van der Waals surface area (Å²) in [7, 11) is 1.86. The van der Waals surface area contributed by atoms with E-state index in [1.54, 1.807) is 6.33 Å². The van der Waals surface area contributed by atoms with E-state index in [2.05, 4.69) is 61.6 Å². The molecule has 0 bridgehead atoms. The van der Waals surface area contributed by atoms with Gasteiger partial charge in [-0.15, -0.1) is 0 Å². The van der Waals surface area contributed by atoms with Crippen molar-refractivity contribution in [3.05, 3.63) is 47.5 Å². The highest BCUT2D eigenvalue weighted by molar-refractivity contribution is 5.80. The molecule has 24 heavy (non-hydrogen) atoms. The van der Waals surface area contributed by atoms with E-state index in [0.717, 1.165) is 50.7 Å². The molecular weight excluding hydrogens is 300 g/mol. The van der Waals surface area contributed by atoms with E-state index in [-0.39, 0.29) is 0 Å². The highest BCUT2D eigenvalue weighted by Crippen LogP contribution is 2.24. The van der Waals surface area contributed by atoms with Crippen LogP contribution in [0.15, 0.2) is 35.6 Å². The van der Waals surface area contributed by atoms with Crippen molar-refractivity contribution in [1.29, 1.82) is 0 Å². The minimum atomic E-state index is 0.475. The molecule has 2 aromatic rings. The molecule has 0 aliphatic carbocycles. The normalized spacial score (nSPS) is 16.4. The number of nitrogens with one attached hydrogen (secondary N) is 2. The van der Waals surface area contributed by atoms with Crippen molar-refractivity contribution in [2.75, 3.05) is 20.1 Å². The van der Waals surface area contributed by atoms with Crippen LogP contribution in [-0.2, 0) is 13.0 Å². The van der Waals surface area contributed by atoms with Crippen molar-refractivity contribution in [1.82, 2.24) is 25.4 Å². The maximum absolute atomic E-state index is 4.47. The molecule has 0 atom stereocenters. The monoisotopic (exact) mass is 326 g/mol. The molecule has 0 spiro atoms. The number of piperidine rings is 1. The third-order valence-electron chi connectivity index (χ3n) is 4.76. The van der Waals surface area contributed by atoms with Crippen LogP contribution >= 0.6 is 0 Å². The van der Waals surface area contributed by atoms with Crippen molar-refractivity contribution in [3.8, 4) is 0 Å². The molecule has 0 radical (unpaired) electrons. The summed E-state index contributed by atoms with van der Waals surface area (Å²) in [6, 6.07) is 8.59. The molecule has 1 aliphatic heterocycles. The van der Waals surface area contributed by atoms with Gasteiger partial charge in [0.2, 0.25) is 0 Å². The lowest BCUT2D eigenvalue weighted by atomic mass is 9.96. The van der Waals surface area contributed by atoms with Gasteiger partial charge in [-0.1, -0.05) is 31.2 Å². The lowest BCUT2D eigenvalue weighted by molar-refractivity contribution is 0.298. The number of aromatic nitrogens is 3. The van der Waals surface area contributed by atoms with E-state index in [1.165, 1.54) is 11.1 Å². The van der Waals surface area contributed by atoms with Gasteiger partial charge in [0.15, 0.2) is 5.96 Å². The van der Waals surface area contributed by atoms with E-state index in [4.69, 9.17) is 0 Å². The highest BCUT2D eigenvalue weighted by atomic mass is 15.3. The molecule has 2 heterocycles. The molecule has 0 amide bonds. The number of guanidine groups is 1. The summed E-state index contributed by atoms with van der Waals surface area (Å²) in [5.41, 5.74) is 2.74. The van der Waals surface area contributed by atoms with Gasteiger partial charge in [-0.3, -0.25) is 10.1 Å². The van der Waals surface area contributed by atoms with E-state index < -0.39 is 0 Å². The molecule has 1 saturated heterocycles. The summed E-state index contributed by atoms with van der Waals surface area (Å²) in [6.07, 6.45) is 4.79. The number of nitrogens with zero attached hydrogens (tertiary/aromatic N) is 4. The van der Waals surface area contributed by atoms with E-state index in [0.29, 0.717) is 5.92 Å². The SMILES string of the molecule is CCc1ccccc1CNC(=NC)N1CCC(c2ncn[nH]2)CC1. The lowest BCUT2D eigenvalue weighted by Gasteiger charge is -2.33. The van der Waals surface area contributed by atoms with Crippen LogP contribution in [0.4, 0.5) is 0 Å². The fourth-order valence-electron chi connectivity index (χ4n) is 3.36. The van der Waals surface area contributed by atoms with Crippen molar-refractivity contribution < 1.29 is 0 Å². The van der Waals surface area contributed by atoms with Gasteiger partial charge in [-0.05, 0) is 30.4 Å². The molecule has 6 heteroatoms. The number of H-pyrrole nitrogens is 1. The van der Waals surface area contributed by atoms with Crippen LogP contribution in [0.3, 0.4) is 0 Å². The predicted octanol–water partition coefficient (Wildman–Crippen LogP) is 2.32. The second kappa shape index (κ2) is 7.95. The molecule has 6 nitrogen and oxygen atoms in total. The molecule has 2 N–H and O–H groups in total. The van der Waals surface area contributed by atoms with Gasteiger partial charge >= 0.3 is 0 Å². The summed E-state index contributed by atoms with van der Waals surface area (Å²) < 4.78 is 0. The van der Waals surface area contributed by atoms with Crippen LogP contribution in [0.1, 0.15) is 42.6 Å². The number of aromatic amines is 1. The maximum Gasteiger partial charge on any atom is 0.193 e. The molecule has 128 valence electrons. The number of rotatable bonds is 4. The van der Waals surface area contributed by atoms with Crippen LogP contribution < -0.4 is 5.32 Å². The Morgan fingerprint density at radius 1 is 1.29 bits per heavy atom. The van der Waals surface area contributed by atoms with Crippen molar-refractivity contribution >= 4 is 5.96 Å². The standard InChI is InChI=1S/C18H26N6/c1-3-14-6-4-5-7-16(14)12-20-18(19-2)24-10-8-15(9-11-24)17-21-13-22-23-17/h4-7,13,15H,3,8-12H2,1-2H3,(H,19,20)(H,21,22,23). The minimum absolute atomic E-state index is 0.475. The number of aryl methyl sites for hydroxylation is 1. The van der Waals surface area contributed by atoms with Gasteiger partial charge in [0.1, 0.15) is 12.2 Å². The van der Waals surface area contributed by atoms with Crippen molar-refractivity contribution in [2.24, 2.45) is 4.99 Å². The van der Waals surface area contributed by atoms with Crippen LogP contribution in [0.2, 0.25) is 0 Å². The fourth-order valence-corrected chi connectivity index (χ4v) is 3.36. The van der Waals surface area contributed by atoms with E-state index in [9.17, 15) is 0 Å². The summed E-state index contributed by atoms with van der Waals surface area (Å²) in [6.45, 7) is 4.99. The molecule has 1 fully saturated rings. The van der Waals surface area contributed by atoms with Crippen LogP contribution in [0.5, 0.6) is 0 Å². The summed E-state index contributed by atoms with van der Waals surface area (Å²) in [5, 5.41) is 10.5. The first-order valence-corrected chi connectivity index (χ1v) is 8.69. The number of hydrogen-bond acceptors (Lipinski definition) is 3. The highest BCUT2D eigenvalue weighted by Gasteiger charge is 2.24. The van der Waals surface area contributed by atoms with Gasteiger partial charge in [0.05, 0.1) is 0 Å². The first-order chi connectivity index (χ1) is 11.8. The zero-order valence-corrected chi connectivity index (χ0v) is 14.5. The first-order valence-electron chi connectivity index (χ1n) is 8.69. The average molecular weight is 326 g/mol.